The highest BCUT2D eigenvalue weighted by Gasteiger charge is 2.24. The van der Waals surface area contributed by atoms with E-state index in [4.69, 9.17) is 14.7 Å². The molecule has 0 saturated carbocycles. The fourth-order valence-electron chi connectivity index (χ4n) is 4.49. The Morgan fingerprint density at radius 1 is 1.11 bits per heavy atom. The van der Waals surface area contributed by atoms with Crippen molar-refractivity contribution in [1.29, 1.82) is 0 Å². The van der Waals surface area contributed by atoms with E-state index in [1.807, 2.05) is 37.3 Å². The van der Waals surface area contributed by atoms with Crippen molar-refractivity contribution in [3.63, 3.8) is 0 Å². The molecule has 9 nitrogen and oxygen atoms in total. The predicted octanol–water partition coefficient (Wildman–Crippen LogP) is 3.64. The number of anilines is 1. The zero-order chi connectivity index (χ0) is 26.2. The van der Waals surface area contributed by atoms with Crippen molar-refractivity contribution < 1.29 is 14.8 Å². The van der Waals surface area contributed by atoms with Gasteiger partial charge in [0.25, 0.3) is 5.69 Å². The Bertz CT molecular complexity index is 1200. The lowest BCUT2D eigenvalue weighted by Gasteiger charge is -2.37. The molecule has 0 bridgehead atoms. The number of rotatable bonds is 11. The smallest absolute Gasteiger partial charge is 0.269 e. The van der Waals surface area contributed by atoms with E-state index in [-0.39, 0.29) is 17.2 Å². The number of nitro groups is 1. The van der Waals surface area contributed by atoms with E-state index in [0.717, 1.165) is 54.4 Å². The van der Waals surface area contributed by atoms with Gasteiger partial charge in [0.2, 0.25) is 0 Å². The molecule has 9 heteroatoms. The molecule has 37 heavy (non-hydrogen) atoms. The van der Waals surface area contributed by atoms with Crippen LogP contribution >= 0.6 is 0 Å². The molecule has 0 spiro atoms. The molecule has 1 N–H and O–H groups in total. The number of ether oxygens (including phenoxy) is 1. The molecule has 1 saturated heterocycles. The van der Waals surface area contributed by atoms with Crippen LogP contribution in [-0.4, -0.2) is 76.9 Å². The monoisotopic (exact) mass is 503 g/mol. The number of non-ortho nitro benzene ring substituents is 1. The second kappa shape index (κ2) is 12.5. The predicted molar refractivity (Wildman–Crippen MR) is 144 cm³/mol. The number of piperazine rings is 1. The van der Waals surface area contributed by atoms with Crippen molar-refractivity contribution in [2.24, 2.45) is 0 Å². The number of aromatic nitrogens is 2. The van der Waals surface area contributed by atoms with Crippen LogP contribution in [0.4, 0.5) is 11.5 Å². The molecule has 1 unspecified atom stereocenters. The van der Waals surface area contributed by atoms with Gasteiger partial charge in [0, 0.05) is 68.1 Å². The fraction of sp³-hybridized carbons (Fsp3) is 0.357. The number of hydrogen-bond acceptors (Lipinski definition) is 8. The lowest BCUT2D eigenvalue weighted by Crippen LogP contribution is -2.49. The molecule has 1 aromatic heterocycles. The topological polar surface area (TPSA) is 105 Å². The Balaban J connectivity index is 1.55. The SMILES string of the molecule is C=CCOCC(O)CN1CCN(c2nc(-c3ccccc3)nc(C)c2Cc2ccc([N+](=O)[O-])cc2)CC1. The molecule has 0 radical (unpaired) electrons. The second-order valence-electron chi connectivity index (χ2n) is 9.17. The van der Waals surface area contributed by atoms with E-state index in [1.165, 1.54) is 12.1 Å². The third kappa shape index (κ3) is 6.97. The summed E-state index contributed by atoms with van der Waals surface area (Å²) in [6, 6.07) is 16.6. The molecule has 1 aliphatic rings. The van der Waals surface area contributed by atoms with Crippen molar-refractivity contribution in [3.05, 3.63) is 94.2 Å². The number of hydrogen-bond donors (Lipinski definition) is 1. The summed E-state index contributed by atoms with van der Waals surface area (Å²) < 4.78 is 5.38. The quantitative estimate of drug-likeness (QED) is 0.183. The minimum absolute atomic E-state index is 0.0737. The van der Waals surface area contributed by atoms with E-state index in [9.17, 15) is 15.2 Å². The van der Waals surface area contributed by atoms with Gasteiger partial charge in [-0.2, -0.15) is 0 Å². The van der Waals surface area contributed by atoms with Crippen LogP contribution in [-0.2, 0) is 11.2 Å². The van der Waals surface area contributed by atoms with E-state index in [1.54, 1.807) is 18.2 Å². The summed E-state index contributed by atoms with van der Waals surface area (Å²) in [5.74, 6) is 1.57. The third-order valence-electron chi connectivity index (χ3n) is 6.44. The first-order valence-electron chi connectivity index (χ1n) is 12.4. The van der Waals surface area contributed by atoms with Crippen molar-refractivity contribution in [1.82, 2.24) is 14.9 Å². The first-order valence-corrected chi connectivity index (χ1v) is 12.4. The highest BCUT2D eigenvalue weighted by atomic mass is 16.6. The van der Waals surface area contributed by atoms with Gasteiger partial charge in [0.15, 0.2) is 5.82 Å². The molecule has 0 aliphatic carbocycles. The Morgan fingerprint density at radius 2 is 1.81 bits per heavy atom. The van der Waals surface area contributed by atoms with Gasteiger partial charge in [-0.15, -0.1) is 6.58 Å². The van der Waals surface area contributed by atoms with Gasteiger partial charge in [-0.1, -0.05) is 48.5 Å². The summed E-state index contributed by atoms with van der Waals surface area (Å²) in [6.07, 6.45) is 1.70. The third-order valence-corrected chi connectivity index (χ3v) is 6.44. The van der Waals surface area contributed by atoms with Crippen molar-refractivity contribution in [2.45, 2.75) is 19.4 Å². The Kier molecular flexibility index (Phi) is 8.95. The molecular formula is C28H33N5O4. The highest BCUT2D eigenvalue weighted by molar-refractivity contribution is 5.61. The molecule has 0 amide bonds. The fourth-order valence-corrected chi connectivity index (χ4v) is 4.49. The molecule has 3 aromatic rings. The highest BCUT2D eigenvalue weighted by Crippen LogP contribution is 2.29. The molecule has 4 rings (SSSR count). The lowest BCUT2D eigenvalue weighted by atomic mass is 10.0. The normalized spacial score (nSPS) is 14.9. The lowest BCUT2D eigenvalue weighted by molar-refractivity contribution is -0.384. The van der Waals surface area contributed by atoms with Gasteiger partial charge in [0.1, 0.15) is 5.82 Å². The minimum atomic E-state index is -0.546. The first kappa shape index (κ1) is 26.4. The van der Waals surface area contributed by atoms with Crippen molar-refractivity contribution in [3.8, 4) is 11.4 Å². The van der Waals surface area contributed by atoms with Crippen LogP contribution in [0.25, 0.3) is 11.4 Å². The van der Waals surface area contributed by atoms with Gasteiger partial charge < -0.3 is 14.7 Å². The van der Waals surface area contributed by atoms with E-state index < -0.39 is 6.10 Å². The van der Waals surface area contributed by atoms with Crippen molar-refractivity contribution in [2.75, 3.05) is 50.8 Å². The summed E-state index contributed by atoms with van der Waals surface area (Å²) in [7, 11) is 0. The van der Waals surface area contributed by atoms with Crippen LogP contribution < -0.4 is 4.90 Å². The summed E-state index contributed by atoms with van der Waals surface area (Å²) in [5.41, 5.74) is 3.89. The molecule has 1 atom stereocenters. The zero-order valence-corrected chi connectivity index (χ0v) is 21.1. The van der Waals surface area contributed by atoms with E-state index >= 15 is 0 Å². The molecular weight excluding hydrogens is 470 g/mol. The minimum Gasteiger partial charge on any atom is -0.389 e. The van der Waals surface area contributed by atoms with Crippen LogP contribution in [0.1, 0.15) is 16.8 Å². The van der Waals surface area contributed by atoms with Crippen LogP contribution in [0.15, 0.2) is 67.3 Å². The first-order chi connectivity index (χ1) is 17.9. The van der Waals surface area contributed by atoms with Crippen molar-refractivity contribution >= 4 is 11.5 Å². The zero-order valence-electron chi connectivity index (χ0n) is 21.1. The Labute approximate surface area is 217 Å². The summed E-state index contributed by atoms with van der Waals surface area (Å²) in [5, 5.41) is 21.4. The number of aliphatic hydroxyl groups is 1. The number of aryl methyl sites for hydroxylation is 1. The van der Waals surface area contributed by atoms with Crippen LogP contribution in [0.3, 0.4) is 0 Å². The van der Waals surface area contributed by atoms with Gasteiger partial charge in [-0.05, 0) is 12.5 Å². The average molecular weight is 504 g/mol. The summed E-state index contributed by atoms with van der Waals surface area (Å²) >= 11 is 0. The molecule has 2 aromatic carbocycles. The van der Waals surface area contributed by atoms with Crippen LogP contribution in [0.5, 0.6) is 0 Å². The standard InChI is InChI=1S/C28H33N5O4/c1-3-17-37-20-25(34)19-31-13-15-32(16-14-31)28-26(18-22-9-11-24(12-10-22)33(35)36)21(2)29-27(30-28)23-7-5-4-6-8-23/h3-12,25,34H,1,13-20H2,2H3. The Morgan fingerprint density at radius 3 is 2.46 bits per heavy atom. The maximum absolute atomic E-state index is 11.1. The van der Waals surface area contributed by atoms with E-state index in [0.29, 0.717) is 25.4 Å². The molecule has 1 fully saturated rings. The number of aliphatic hydroxyl groups excluding tert-OH is 1. The Hall–Kier alpha value is -3.66. The van der Waals surface area contributed by atoms with Gasteiger partial charge >= 0.3 is 0 Å². The average Bonchev–Trinajstić information content (AvgIpc) is 2.91. The molecule has 1 aliphatic heterocycles. The molecule has 2 heterocycles. The number of nitrogens with zero attached hydrogens (tertiary/aromatic N) is 5. The maximum Gasteiger partial charge on any atom is 0.269 e. The van der Waals surface area contributed by atoms with Gasteiger partial charge in [0.05, 0.1) is 24.2 Å². The van der Waals surface area contributed by atoms with Crippen LogP contribution in [0.2, 0.25) is 0 Å². The number of β-amino-alcohol motifs (C(OH)–C–C–N with tert-alkyl or cyclic N) is 1. The number of nitro benzene ring substituents is 1. The maximum atomic E-state index is 11.1. The number of benzene rings is 2. The van der Waals surface area contributed by atoms with E-state index in [2.05, 4.69) is 16.4 Å². The summed E-state index contributed by atoms with van der Waals surface area (Å²) in [6.45, 7) is 10.00. The summed E-state index contributed by atoms with van der Waals surface area (Å²) in [4.78, 5) is 25.0. The largest absolute Gasteiger partial charge is 0.389 e. The van der Waals surface area contributed by atoms with Crippen LogP contribution in [0, 0.1) is 17.0 Å². The molecule has 194 valence electrons. The van der Waals surface area contributed by atoms with Gasteiger partial charge in [-0.25, -0.2) is 9.97 Å². The second-order valence-corrected chi connectivity index (χ2v) is 9.17. The van der Waals surface area contributed by atoms with Gasteiger partial charge in [-0.3, -0.25) is 15.0 Å².